The predicted molar refractivity (Wildman–Crippen MR) is 193 cm³/mol. The van der Waals surface area contributed by atoms with E-state index in [0.29, 0.717) is 22.2 Å². The number of nitrogens with zero attached hydrogens (tertiary/aromatic N) is 4. The number of para-hydroxylation sites is 2. The summed E-state index contributed by atoms with van der Waals surface area (Å²) in [6.45, 7) is 8.19. The molecule has 0 atom stereocenters. The third kappa shape index (κ3) is 4.43. The van der Waals surface area contributed by atoms with Crippen molar-refractivity contribution >= 4 is 55.8 Å². The molecule has 0 spiro atoms. The van der Waals surface area contributed by atoms with Gasteiger partial charge in [0, 0.05) is 48.1 Å². The molecule has 4 heterocycles. The molecule has 0 saturated carbocycles. The van der Waals surface area contributed by atoms with Crippen LogP contribution in [0, 0.1) is 0 Å². The van der Waals surface area contributed by atoms with E-state index in [4.69, 9.17) is 29.2 Å². The molecule has 6 aromatic rings. The van der Waals surface area contributed by atoms with Gasteiger partial charge in [-0.1, -0.05) is 36.4 Å². The Bertz CT molecular complexity index is 2390. The topological polar surface area (TPSA) is 71.5 Å². The first-order valence-electron chi connectivity index (χ1n) is 16.1. The maximum atomic E-state index is 6.43. The average molecular weight is 639 g/mol. The minimum Gasteiger partial charge on any atom is -0.496 e. The van der Waals surface area contributed by atoms with Gasteiger partial charge in [0.1, 0.15) is 44.9 Å². The fraction of sp³-hybridized carbons (Fsp3) is 0.250. The van der Waals surface area contributed by atoms with Crippen LogP contribution < -0.4 is 29.7 Å². The van der Waals surface area contributed by atoms with Crippen LogP contribution in [0.5, 0.6) is 23.0 Å². The second-order valence-corrected chi connectivity index (χ2v) is 13.6. The van der Waals surface area contributed by atoms with Crippen LogP contribution in [-0.2, 0) is 14.1 Å². The molecule has 0 bridgehead atoms. The molecule has 8 heteroatoms. The smallest absolute Gasteiger partial charge is 0.134 e. The summed E-state index contributed by atoms with van der Waals surface area (Å²) in [5.74, 6) is 2.86. The summed E-state index contributed by atoms with van der Waals surface area (Å²) in [7, 11) is 7.51. The van der Waals surface area contributed by atoms with Gasteiger partial charge < -0.3 is 28.1 Å². The molecule has 2 aliphatic rings. The van der Waals surface area contributed by atoms with Crippen molar-refractivity contribution < 1.29 is 18.9 Å². The van der Waals surface area contributed by atoms with Gasteiger partial charge in [0.2, 0.25) is 0 Å². The van der Waals surface area contributed by atoms with Crippen molar-refractivity contribution in [2.45, 2.75) is 38.9 Å². The van der Waals surface area contributed by atoms with Gasteiger partial charge in [-0.05, 0) is 64.1 Å². The molecule has 0 radical (unpaired) electrons. The minimum absolute atomic E-state index is 0.441. The van der Waals surface area contributed by atoms with Gasteiger partial charge in [0.05, 0.1) is 47.1 Å². The number of hydrogen-bond acceptors (Lipinski definition) is 6. The Kier molecular flexibility index (Phi) is 6.54. The normalized spacial score (nSPS) is 16.7. The fourth-order valence-electron chi connectivity index (χ4n) is 7.20. The Balaban J connectivity index is 1.57. The quantitative estimate of drug-likeness (QED) is 0.147. The Labute approximate surface area is 278 Å². The number of fused-ring (bicyclic) bond motifs is 8. The molecule has 0 amide bonds. The predicted octanol–water partition coefficient (Wildman–Crippen LogP) is 7.78. The van der Waals surface area contributed by atoms with Crippen molar-refractivity contribution in [3.63, 3.8) is 0 Å². The van der Waals surface area contributed by atoms with Crippen LogP contribution in [0.2, 0.25) is 0 Å². The lowest BCUT2D eigenvalue weighted by Gasteiger charge is -2.30. The summed E-state index contributed by atoms with van der Waals surface area (Å²) >= 11 is 0. The van der Waals surface area contributed by atoms with Gasteiger partial charge in [-0.25, -0.2) is 0 Å². The Morgan fingerprint density at radius 2 is 1.00 bits per heavy atom. The second-order valence-electron chi connectivity index (χ2n) is 13.6. The molecule has 8 rings (SSSR count). The number of hydrogen-bond donors (Lipinski definition) is 0. The highest BCUT2D eigenvalue weighted by molar-refractivity contribution is 6.03. The summed E-state index contributed by atoms with van der Waals surface area (Å²) in [4.78, 5) is 0. The monoisotopic (exact) mass is 638 g/mol. The van der Waals surface area contributed by atoms with Gasteiger partial charge >= 0.3 is 0 Å². The molecule has 2 aromatic heterocycles. The first kappa shape index (κ1) is 29.9. The highest BCUT2D eigenvalue weighted by Gasteiger charge is 2.28. The summed E-state index contributed by atoms with van der Waals surface area (Å²) in [5.41, 5.74) is 4.99. The highest BCUT2D eigenvalue weighted by atomic mass is 16.5. The van der Waals surface area contributed by atoms with Crippen molar-refractivity contribution in [2.24, 2.45) is 24.3 Å². The van der Waals surface area contributed by atoms with E-state index in [1.807, 2.05) is 64.1 Å². The zero-order valence-corrected chi connectivity index (χ0v) is 28.5. The molecule has 0 N–H and O–H groups in total. The molecule has 0 unspecified atom stereocenters. The number of pyridine rings is 2. The molecule has 0 aliphatic carbocycles. The van der Waals surface area contributed by atoms with Crippen molar-refractivity contribution in [3.8, 4) is 23.0 Å². The van der Waals surface area contributed by atoms with E-state index in [-0.39, 0.29) is 0 Å². The Morgan fingerprint density at radius 1 is 0.604 bits per heavy atom. The van der Waals surface area contributed by atoms with Crippen molar-refractivity contribution in [1.29, 1.82) is 0 Å². The lowest BCUT2D eigenvalue weighted by molar-refractivity contribution is 0.158. The van der Waals surface area contributed by atoms with E-state index in [9.17, 15) is 0 Å². The number of rotatable bonds is 3. The molecular weight excluding hydrogens is 600 g/mol. The maximum absolute atomic E-state index is 6.43. The molecule has 0 fully saturated rings. The first-order valence-corrected chi connectivity index (χ1v) is 16.1. The lowest BCUT2D eigenvalue weighted by atomic mass is 9.97. The standard InChI is InChI=1S/C40H38N4O4/c1-39(2)19-17-25-29(47-39)21-31(45-7)33-35(23-13-9-11-15-27(23)43(5)37(25)33)41-42-36-24-14-10-12-16-28(24)44(6)38-26-18-20-40(3,4)48-30(26)22-32(46-8)34(36)38/h9-22H,1-8H3/b41-35-,42-36+. The number of ether oxygens (including phenoxy) is 4. The van der Waals surface area contributed by atoms with Crippen LogP contribution >= 0.6 is 0 Å². The van der Waals surface area contributed by atoms with Gasteiger partial charge in [-0.3, -0.25) is 0 Å². The summed E-state index contributed by atoms with van der Waals surface area (Å²) < 4.78 is 29.4. The molecule has 2 aliphatic heterocycles. The number of aryl methyl sites for hydroxylation is 2. The largest absolute Gasteiger partial charge is 0.496 e. The molecular formula is C40H38N4O4. The van der Waals surface area contributed by atoms with Gasteiger partial charge in [-0.15, -0.1) is 10.2 Å². The molecule has 48 heavy (non-hydrogen) atoms. The zero-order valence-electron chi connectivity index (χ0n) is 28.5. The van der Waals surface area contributed by atoms with Crippen LogP contribution in [0.15, 0.2) is 83.0 Å². The Morgan fingerprint density at radius 3 is 1.40 bits per heavy atom. The number of aromatic nitrogens is 2. The number of benzene rings is 4. The van der Waals surface area contributed by atoms with Crippen LogP contribution in [0.25, 0.3) is 55.8 Å². The number of methoxy groups -OCH3 is 2. The van der Waals surface area contributed by atoms with E-state index in [0.717, 1.165) is 66.2 Å². The van der Waals surface area contributed by atoms with Crippen molar-refractivity contribution in [1.82, 2.24) is 9.13 Å². The van der Waals surface area contributed by atoms with E-state index in [1.54, 1.807) is 14.2 Å². The third-order valence-electron chi connectivity index (χ3n) is 9.46. The van der Waals surface area contributed by atoms with E-state index in [1.165, 1.54) is 0 Å². The molecule has 8 nitrogen and oxygen atoms in total. The molecule has 242 valence electrons. The van der Waals surface area contributed by atoms with Crippen molar-refractivity contribution in [3.05, 3.63) is 94.7 Å². The Hall–Kier alpha value is -5.50. The van der Waals surface area contributed by atoms with Crippen LogP contribution in [0.4, 0.5) is 0 Å². The molecule has 4 aromatic carbocycles. The summed E-state index contributed by atoms with van der Waals surface area (Å²) in [5, 5.41) is 15.3. The first-order chi connectivity index (χ1) is 23.0. The van der Waals surface area contributed by atoms with Gasteiger partial charge in [-0.2, -0.15) is 0 Å². The van der Waals surface area contributed by atoms with E-state index < -0.39 is 11.2 Å². The van der Waals surface area contributed by atoms with Crippen LogP contribution in [0.3, 0.4) is 0 Å². The zero-order chi connectivity index (χ0) is 33.5. The van der Waals surface area contributed by atoms with Crippen molar-refractivity contribution in [2.75, 3.05) is 14.2 Å². The SMILES string of the molecule is COc1cc2c(c3c1/c(=N\N=c1/c4ccccc4n(C)c4c5c(cc(OC)c14)OC(C)(C)C=C5)c1ccccc1n3C)C=CC(C)(C)O2. The van der Waals surface area contributed by atoms with Gasteiger partial charge in [0.25, 0.3) is 0 Å². The van der Waals surface area contributed by atoms with Crippen LogP contribution in [0.1, 0.15) is 38.8 Å². The molecule has 0 saturated heterocycles. The average Bonchev–Trinajstić information content (AvgIpc) is 3.07. The maximum Gasteiger partial charge on any atom is 0.134 e. The second kappa shape index (κ2) is 10.5. The lowest BCUT2D eigenvalue weighted by Crippen LogP contribution is -2.28. The summed E-state index contributed by atoms with van der Waals surface area (Å²) in [6.07, 6.45) is 8.46. The van der Waals surface area contributed by atoms with E-state index >= 15 is 0 Å². The van der Waals surface area contributed by atoms with Gasteiger partial charge in [0.15, 0.2) is 0 Å². The minimum atomic E-state index is -0.441. The summed E-state index contributed by atoms with van der Waals surface area (Å²) in [6, 6.07) is 20.4. The van der Waals surface area contributed by atoms with Crippen LogP contribution in [-0.4, -0.2) is 34.6 Å². The third-order valence-corrected chi connectivity index (χ3v) is 9.46. The fourth-order valence-corrected chi connectivity index (χ4v) is 7.20. The highest BCUT2D eigenvalue weighted by Crippen LogP contribution is 2.42. The van der Waals surface area contributed by atoms with E-state index in [2.05, 4.69) is 71.8 Å².